The summed E-state index contributed by atoms with van der Waals surface area (Å²) in [7, 11) is 0. The van der Waals surface area contributed by atoms with Gasteiger partial charge in [0.15, 0.2) is 0 Å². The average Bonchev–Trinajstić information content (AvgIpc) is 2.79. The third-order valence-electron chi connectivity index (χ3n) is 4.31. The molecule has 1 aliphatic rings. The van der Waals surface area contributed by atoms with E-state index in [-0.39, 0.29) is 5.69 Å². The summed E-state index contributed by atoms with van der Waals surface area (Å²) < 4.78 is 0. The highest BCUT2D eigenvalue weighted by Crippen LogP contribution is 2.24. The predicted octanol–water partition coefficient (Wildman–Crippen LogP) is 5.27. The Morgan fingerprint density at radius 3 is 2.10 bits per heavy atom. The lowest BCUT2D eigenvalue weighted by Crippen LogP contribution is -2.50. The molecule has 4 rings (SSSR count). The molecule has 0 saturated carbocycles. The zero-order valence-electron chi connectivity index (χ0n) is 15.4. The van der Waals surface area contributed by atoms with Gasteiger partial charge in [0, 0.05) is 18.3 Å². The Labute approximate surface area is 167 Å². The molecule has 0 fully saturated rings. The first kappa shape index (κ1) is 18.3. The zero-order chi connectivity index (χ0) is 20.1. The summed E-state index contributed by atoms with van der Waals surface area (Å²) >= 11 is 0. The van der Waals surface area contributed by atoms with Gasteiger partial charge >= 0.3 is 0 Å². The van der Waals surface area contributed by atoms with Crippen LogP contribution in [-0.2, 0) is 0 Å². The normalized spacial score (nSPS) is 13.8. The molecular weight excluding hydrogens is 368 g/mol. The largest absolute Gasteiger partial charge is 0.287 e. The van der Waals surface area contributed by atoms with E-state index in [0.717, 1.165) is 22.7 Å². The van der Waals surface area contributed by atoms with Crippen LogP contribution in [0.1, 0.15) is 0 Å². The minimum atomic E-state index is -0.410. The van der Waals surface area contributed by atoms with Crippen LogP contribution in [0.15, 0.2) is 101 Å². The van der Waals surface area contributed by atoms with Gasteiger partial charge < -0.3 is 0 Å². The maximum Gasteiger partial charge on any atom is 0.269 e. The molecule has 0 aliphatic carbocycles. The maximum atomic E-state index is 10.8. The molecule has 1 heterocycles. The van der Waals surface area contributed by atoms with Crippen LogP contribution in [0.3, 0.4) is 0 Å². The van der Waals surface area contributed by atoms with E-state index in [1.807, 2.05) is 71.9 Å². The van der Waals surface area contributed by atoms with E-state index in [1.54, 1.807) is 17.1 Å². The molecule has 144 valence electrons. The van der Waals surface area contributed by atoms with Crippen molar-refractivity contribution >= 4 is 28.4 Å². The average molecular weight is 386 g/mol. The molecule has 1 N–H and O–H groups in total. The van der Waals surface area contributed by atoms with Gasteiger partial charge in [-0.15, -0.1) is 5.53 Å². The number of nitro benzene ring substituents is 1. The third-order valence-corrected chi connectivity index (χ3v) is 4.31. The number of azo groups is 1. The molecular formula is C21H18N6O2. The smallest absolute Gasteiger partial charge is 0.269 e. The molecule has 0 atom stereocenters. The summed E-state index contributed by atoms with van der Waals surface area (Å²) in [6.45, 7) is 0.675. The second kappa shape index (κ2) is 8.32. The van der Waals surface area contributed by atoms with Gasteiger partial charge in [0.05, 0.1) is 34.2 Å². The van der Waals surface area contributed by atoms with E-state index in [4.69, 9.17) is 0 Å². The van der Waals surface area contributed by atoms with Crippen LogP contribution in [-0.4, -0.2) is 11.5 Å². The Balaban J connectivity index is 1.44. The molecule has 0 bridgehead atoms. The fraction of sp³-hybridized carbons (Fsp3) is 0.0476. The fourth-order valence-electron chi connectivity index (χ4n) is 2.81. The monoisotopic (exact) mass is 386 g/mol. The second-order valence-corrected chi connectivity index (χ2v) is 6.29. The Morgan fingerprint density at radius 2 is 1.45 bits per heavy atom. The van der Waals surface area contributed by atoms with Crippen molar-refractivity contribution in [3.05, 3.63) is 101 Å². The van der Waals surface area contributed by atoms with Gasteiger partial charge in [-0.1, -0.05) is 18.2 Å². The molecule has 0 spiro atoms. The summed E-state index contributed by atoms with van der Waals surface area (Å²) in [5.74, 6) is 0. The molecule has 8 heteroatoms. The van der Waals surface area contributed by atoms with E-state index in [1.165, 1.54) is 12.1 Å². The molecule has 0 saturated heterocycles. The van der Waals surface area contributed by atoms with Crippen molar-refractivity contribution in [1.82, 2.24) is 5.53 Å². The van der Waals surface area contributed by atoms with Crippen molar-refractivity contribution in [3.8, 4) is 0 Å². The van der Waals surface area contributed by atoms with Gasteiger partial charge in [0.2, 0.25) is 0 Å². The molecule has 3 aromatic rings. The number of nitro groups is 1. The quantitative estimate of drug-likeness (QED) is 0.367. The summed E-state index contributed by atoms with van der Waals surface area (Å²) in [6, 6.07) is 23.7. The number of benzene rings is 3. The SMILES string of the molecule is O=[N+]([O-])c1ccc(N2C=CCN(c3ccc(/N=N/c4ccccc4)cc3)N2)cc1. The van der Waals surface area contributed by atoms with Crippen LogP contribution in [0.2, 0.25) is 0 Å². The van der Waals surface area contributed by atoms with Crippen LogP contribution in [0, 0.1) is 10.1 Å². The van der Waals surface area contributed by atoms with Gasteiger partial charge in [-0.3, -0.25) is 20.1 Å². The second-order valence-electron chi connectivity index (χ2n) is 6.29. The van der Waals surface area contributed by atoms with E-state index < -0.39 is 4.92 Å². The first-order valence-corrected chi connectivity index (χ1v) is 9.00. The molecule has 0 unspecified atom stereocenters. The summed E-state index contributed by atoms with van der Waals surface area (Å²) in [5.41, 5.74) is 6.65. The van der Waals surface area contributed by atoms with Crippen LogP contribution < -0.4 is 15.6 Å². The number of non-ortho nitro benzene ring substituents is 1. The number of hydrazine groups is 2. The lowest BCUT2D eigenvalue weighted by atomic mass is 10.2. The predicted molar refractivity (Wildman–Crippen MR) is 112 cm³/mol. The van der Waals surface area contributed by atoms with Gasteiger partial charge in [0.1, 0.15) is 0 Å². The lowest BCUT2D eigenvalue weighted by molar-refractivity contribution is -0.384. The Bertz CT molecular complexity index is 1030. The van der Waals surface area contributed by atoms with E-state index >= 15 is 0 Å². The van der Waals surface area contributed by atoms with Crippen LogP contribution in [0.4, 0.5) is 28.4 Å². The number of anilines is 2. The molecule has 29 heavy (non-hydrogen) atoms. The highest BCUT2D eigenvalue weighted by atomic mass is 16.6. The van der Waals surface area contributed by atoms with Gasteiger partial charge in [0.25, 0.3) is 5.69 Å². The molecule has 0 radical (unpaired) electrons. The number of rotatable bonds is 5. The summed E-state index contributed by atoms with van der Waals surface area (Å²) in [6.07, 6.45) is 3.89. The minimum absolute atomic E-state index is 0.0619. The maximum absolute atomic E-state index is 10.8. The number of hydrogen-bond acceptors (Lipinski definition) is 7. The first-order chi connectivity index (χ1) is 14.2. The van der Waals surface area contributed by atoms with Crippen molar-refractivity contribution in [2.45, 2.75) is 0 Å². The number of nitrogens with one attached hydrogen (secondary N) is 1. The minimum Gasteiger partial charge on any atom is -0.287 e. The van der Waals surface area contributed by atoms with Crippen molar-refractivity contribution in [1.29, 1.82) is 0 Å². The van der Waals surface area contributed by atoms with Crippen LogP contribution in [0.5, 0.6) is 0 Å². The van der Waals surface area contributed by atoms with Crippen molar-refractivity contribution in [2.24, 2.45) is 10.2 Å². The Morgan fingerprint density at radius 1 is 0.828 bits per heavy atom. The molecule has 1 aliphatic heterocycles. The lowest BCUT2D eigenvalue weighted by Gasteiger charge is -2.34. The standard InChI is InChI=1S/C21H18N6O2/c28-27(29)21-13-11-20(12-14-21)26-16-4-15-25(24-26)19-9-7-18(8-10-19)23-22-17-5-2-1-3-6-17/h1-14,16,24H,15H2/b23-22+. The van der Waals surface area contributed by atoms with E-state index in [2.05, 4.69) is 15.8 Å². The summed E-state index contributed by atoms with van der Waals surface area (Å²) in [4.78, 5) is 10.4. The van der Waals surface area contributed by atoms with Crippen molar-refractivity contribution < 1.29 is 4.92 Å². The Kier molecular flexibility index (Phi) is 5.26. The highest BCUT2D eigenvalue weighted by Gasteiger charge is 2.15. The molecule has 3 aromatic carbocycles. The number of hydrogen-bond donors (Lipinski definition) is 1. The van der Waals surface area contributed by atoms with Crippen LogP contribution in [0.25, 0.3) is 0 Å². The molecule has 0 aromatic heterocycles. The highest BCUT2D eigenvalue weighted by molar-refractivity contribution is 5.57. The van der Waals surface area contributed by atoms with Crippen molar-refractivity contribution in [3.63, 3.8) is 0 Å². The van der Waals surface area contributed by atoms with Gasteiger partial charge in [-0.2, -0.15) is 10.2 Å². The molecule has 0 amide bonds. The van der Waals surface area contributed by atoms with Crippen LogP contribution >= 0.6 is 0 Å². The zero-order valence-corrected chi connectivity index (χ0v) is 15.4. The first-order valence-electron chi connectivity index (χ1n) is 9.00. The van der Waals surface area contributed by atoms with Gasteiger partial charge in [-0.25, -0.2) is 0 Å². The summed E-state index contributed by atoms with van der Waals surface area (Å²) in [5, 5.41) is 23.1. The van der Waals surface area contributed by atoms with Crippen molar-refractivity contribution in [2.75, 3.05) is 16.6 Å². The Hall–Kier alpha value is -4.04. The third kappa shape index (κ3) is 4.45. The van der Waals surface area contributed by atoms with Gasteiger partial charge in [-0.05, 0) is 54.6 Å². The molecule has 8 nitrogen and oxygen atoms in total. The fourth-order valence-corrected chi connectivity index (χ4v) is 2.81. The van der Waals surface area contributed by atoms with E-state index in [9.17, 15) is 10.1 Å². The number of nitrogens with zero attached hydrogens (tertiary/aromatic N) is 5. The topological polar surface area (TPSA) is 86.4 Å². The van der Waals surface area contributed by atoms with E-state index in [0.29, 0.717) is 6.54 Å².